The van der Waals surface area contributed by atoms with E-state index in [2.05, 4.69) is 0 Å². The highest BCUT2D eigenvalue weighted by Gasteiger charge is 2.44. The van der Waals surface area contributed by atoms with Gasteiger partial charge in [-0.1, -0.05) is 80.6 Å². The van der Waals surface area contributed by atoms with Gasteiger partial charge in [0.15, 0.2) is 18.8 Å². The zero-order chi connectivity index (χ0) is 31.9. The van der Waals surface area contributed by atoms with E-state index in [-0.39, 0.29) is 5.78 Å². The van der Waals surface area contributed by atoms with E-state index in [0.29, 0.717) is 45.4 Å². The van der Waals surface area contributed by atoms with E-state index in [4.69, 9.17) is 9.47 Å². The molecule has 1 unspecified atom stereocenters. The average molecular weight is 605 g/mol. The molecule has 3 rings (SSSR count). The quantitative estimate of drug-likeness (QED) is 0.111. The average Bonchev–Trinajstić information content (AvgIpc) is 3.01. The van der Waals surface area contributed by atoms with Gasteiger partial charge in [-0.2, -0.15) is 0 Å². The van der Waals surface area contributed by atoms with Gasteiger partial charge in [-0.15, -0.1) is 0 Å². The first-order valence-corrected chi connectivity index (χ1v) is 16.2. The van der Waals surface area contributed by atoms with Crippen LogP contribution in [0.25, 0.3) is 0 Å². The number of esters is 2. The van der Waals surface area contributed by atoms with Crippen molar-refractivity contribution in [2.45, 2.75) is 53.9 Å². The molecule has 1 atom stereocenters. The minimum absolute atomic E-state index is 0.323. The maximum Gasteiger partial charge on any atom is 0.320 e. The number of aryl methyl sites for hydroxylation is 2. The van der Waals surface area contributed by atoms with Crippen molar-refractivity contribution in [1.29, 1.82) is 0 Å². The summed E-state index contributed by atoms with van der Waals surface area (Å²) in [5.74, 6) is -5.97. The second kappa shape index (κ2) is 14.6. The van der Waals surface area contributed by atoms with Crippen molar-refractivity contribution in [2.24, 2.45) is 17.8 Å². The standard InChI is InChI=1S/C35H41O7P/c1-8-25(9-2)32(37)28(31(34(38)41-6)35(39)42-7)21-29(36)30-22(3)20-23(4)33(24(30)5)43(40,26-16-12-10-13-17-26)27-18-14-11-15-19-27/h10-20,25,28,31H,8-9,21H2,1-7H3. The molecule has 0 N–H and O–H groups in total. The third-order valence-electron chi connectivity index (χ3n) is 8.24. The first-order chi connectivity index (χ1) is 20.5. The van der Waals surface area contributed by atoms with Crippen LogP contribution < -0.4 is 15.9 Å². The Kier molecular flexibility index (Phi) is 11.4. The van der Waals surface area contributed by atoms with Crippen LogP contribution >= 0.6 is 7.14 Å². The first-order valence-electron chi connectivity index (χ1n) is 14.5. The molecule has 8 heteroatoms. The van der Waals surface area contributed by atoms with Crippen LogP contribution in [0, 0.1) is 38.5 Å². The van der Waals surface area contributed by atoms with Crippen molar-refractivity contribution < 1.29 is 33.2 Å². The third-order valence-corrected chi connectivity index (χ3v) is 11.6. The van der Waals surface area contributed by atoms with Gasteiger partial charge in [0.2, 0.25) is 0 Å². The molecule has 0 radical (unpaired) electrons. The molecule has 3 aromatic carbocycles. The summed E-state index contributed by atoms with van der Waals surface area (Å²) >= 11 is 0. The van der Waals surface area contributed by atoms with Crippen molar-refractivity contribution in [3.05, 3.63) is 89.0 Å². The first kappa shape index (κ1) is 33.7. The fourth-order valence-corrected chi connectivity index (χ4v) is 9.27. The van der Waals surface area contributed by atoms with Crippen LogP contribution in [0.1, 0.15) is 60.2 Å². The Morgan fingerprint density at radius 3 is 1.63 bits per heavy atom. The molecule has 0 aliphatic rings. The van der Waals surface area contributed by atoms with Crippen molar-refractivity contribution in [2.75, 3.05) is 14.2 Å². The van der Waals surface area contributed by atoms with Gasteiger partial charge in [-0.25, -0.2) is 0 Å². The minimum atomic E-state index is -3.44. The normalized spacial score (nSPS) is 12.2. The lowest BCUT2D eigenvalue weighted by Crippen LogP contribution is -2.41. The van der Waals surface area contributed by atoms with Crippen molar-refractivity contribution in [3.63, 3.8) is 0 Å². The van der Waals surface area contributed by atoms with Crippen LogP contribution in [-0.2, 0) is 28.4 Å². The summed E-state index contributed by atoms with van der Waals surface area (Å²) in [6.45, 7) is 9.15. The van der Waals surface area contributed by atoms with Gasteiger partial charge < -0.3 is 14.0 Å². The number of hydrogen-bond acceptors (Lipinski definition) is 7. The summed E-state index contributed by atoms with van der Waals surface area (Å²) < 4.78 is 25.1. The van der Waals surface area contributed by atoms with Gasteiger partial charge in [0.05, 0.1) is 14.2 Å². The Morgan fingerprint density at radius 1 is 0.744 bits per heavy atom. The van der Waals surface area contributed by atoms with Crippen LogP contribution in [0.2, 0.25) is 0 Å². The predicted molar refractivity (Wildman–Crippen MR) is 169 cm³/mol. The zero-order valence-corrected chi connectivity index (χ0v) is 26.9. The SMILES string of the molecule is CCC(CC)C(=O)C(CC(=O)c1c(C)cc(C)c(P(=O)(c2ccccc2)c2ccccc2)c1C)C(C(=O)OC)C(=O)OC. The Balaban J connectivity index is 2.26. The highest BCUT2D eigenvalue weighted by Crippen LogP contribution is 2.45. The number of rotatable bonds is 13. The Hall–Kier alpha value is -3.83. The molecule has 0 aliphatic carbocycles. The van der Waals surface area contributed by atoms with E-state index in [1.54, 1.807) is 13.8 Å². The number of Topliss-reactive ketones (excluding diaryl/α,β-unsaturated/α-hetero) is 2. The highest BCUT2D eigenvalue weighted by molar-refractivity contribution is 7.85. The lowest BCUT2D eigenvalue weighted by atomic mass is 9.77. The van der Waals surface area contributed by atoms with Crippen molar-refractivity contribution in [1.82, 2.24) is 0 Å². The number of hydrogen-bond donors (Lipinski definition) is 0. The van der Waals surface area contributed by atoms with Crippen LogP contribution in [0.4, 0.5) is 0 Å². The molecule has 0 amide bonds. The summed E-state index contributed by atoms with van der Waals surface area (Å²) in [5, 5.41) is 1.82. The molecule has 0 spiro atoms. The number of ketones is 2. The smallest absolute Gasteiger partial charge is 0.320 e. The third kappa shape index (κ3) is 6.73. The van der Waals surface area contributed by atoms with Gasteiger partial charge in [-0.05, 0) is 50.3 Å². The van der Waals surface area contributed by atoms with E-state index < -0.39 is 49.0 Å². The maximum atomic E-state index is 15.3. The Morgan fingerprint density at radius 2 is 1.21 bits per heavy atom. The molecule has 7 nitrogen and oxygen atoms in total. The summed E-state index contributed by atoms with van der Waals surface area (Å²) in [4.78, 5) is 53.7. The van der Waals surface area contributed by atoms with Gasteiger partial charge in [0.1, 0.15) is 5.78 Å². The summed E-state index contributed by atoms with van der Waals surface area (Å²) in [7, 11) is -1.19. The van der Waals surface area contributed by atoms with Gasteiger partial charge in [-0.3, -0.25) is 19.2 Å². The number of ether oxygens (including phenoxy) is 2. The second-order valence-corrected chi connectivity index (χ2v) is 13.5. The van der Waals surface area contributed by atoms with Crippen LogP contribution in [-0.4, -0.2) is 37.7 Å². The number of carbonyl (C=O) groups excluding carboxylic acids is 4. The van der Waals surface area contributed by atoms with Crippen molar-refractivity contribution in [3.8, 4) is 0 Å². The fraction of sp³-hybridized carbons (Fsp3) is 0.371. The van der Waals surface area contributed by atoms with Gasteiger partial charge in [0.25, 0.3) is 0 Å². The molecule has 0 saturated carbocycles. The van der Waals surface area contributed by atoms with Gasteiger partial charge in [0, 0.05) is 39.7 Å². The maximum absolute atomic E-state index is 15.3. The van der Waals surface area contributed by atoms with E-state index in [1.165, 1.54) is 0 Å². The largest absolute Gasteiger partial charge is 0.468 e. The lowest BCUT2D eigenvalue weighted by molar-refractivity contribution is -0.164. The molecule has 0 aromatic heterocycles. The van der Waals surface area contributed by atoms with Gasteiger partial charge >= 0.3 is 11.9 Å². The molecule has 3 aromatic rings. The molecule has 0 fully saturated rings. The minimum Gasteiger partial charge on any atom is -0.468 e. The molecule has 228 valence electrons. The predicted octanol–water partition coefficient (Wildman–Crippen LogP) is 5.41. The van der Waals surface area contributed by atoms with E-state index in [0.717, 1.165) is 19.8 Å². The lowest BCUT2D eigenvalue weighted by Gasteiger charge is -2.28. The fourth-order valence-electron chi connectivity index (χ4n) is 6.13. The second-order valence-electron chi connectivity index (χ2n) is 10.8. The molecule has 0 heterocycles. The van der Waals surface area contributed by atoms with Crippen LogP contribution in [0.3, 0.4) is 0 Å². The van der Waals surface area contributed by atoms with E-state index >= 15 is 4.57 Å². The molecule has 0 saturated heterocycles. The Bertz CT molecular complexity index is 1470. The Labute approximate surface area is 254 Å². The van der Waals surface area contributed by atoms with E-state index in [1.807, 2.05) is 87.5 Å². The number of carbonyl (C=O) groups is 4. The number of benzene rings is 3. The molecular formula is C35H41O7P. The summed E-state index contributed by atoms with van der Waals surface area (Å²) in [6, 6.07) is 20.2. The zero-order valence-electron chi connectivity index (χ0n) is 26.0. The van der Waals surface area contributed by atoms with Crippen molar-refractivity contribution >= 4 is 46.6 Å². The molecular weight excluding hydrogens is 563 g/mol. The molecule has 0 bridgehead atoms. The van der Waals surface area contributed by atoms with E-state index in [9.17, 15) is 19.2 Å². The summed E-state index contributed by atoms with van der Waals surface area (Å²) in [5.41, 5.74) is 2.29. The number of methoxy groups -OCH3 is 2. The molecule has 0 aliphatic heterocycles. The highest BCUT2D eigenvalue weighted by atomic mass is 31.2. The summed E-state index contributed by atoms with van der Waals surface area (Å²) in [6.07, 6.45) is 0.563. The topological polar surface area (TPSA) is 104 Å². The molecule has 43 heavy (non-hydrogen) atoms. The van der Waals surface area contributed by atoms with Crippen LogP contribution in [0.5, 0.6) is 0 Å². The van der Waals surface area contributed by atoms with Crippen LogP contribution in [0.15, 0.2) is 66.7 Å². The monoisotopic (exact) mass is 604 g/mol.